The number of carbonyl (C=O) groups is 2. The molecule has 0 aromatic rings. The molecule has 5 nitrogen and oxygen atoms in total. The highest BCUT2D eigenvalue weighted by atomic mass is 28.4. The van der Waals surface area contributed by atoms with E-state index in [2.05, 4.69) is 25.0 Å². The highest BCUT2D eigenvalue weighted by Crippen LogP contribution is 2.45. The lowest BCUT2D eigenvalue weighted by Gasteiger charge is -2.54. The number of carbonyl (C=O) groups excluding carboxylic acids is 2. The average molecular weight is 301 g/mol. The van der Waals surface area contributed by atoms with Crippen molar-refractivity contribution in [1.82, 2.24) is 5.32 Å². The van der Waals surface area contributed by atoms with Gasteiger partial charge in [0.25, 0.3) is 0 Å². The lowest BCUT2D eigenvalue weighted by molar-refractivity contribution is -0.193. The topological polar surface area (TPSA) is 64.6 Å². The largest absolute Gasteiger partial charge is 0.441 e. The lowest BCUT2D eigenvalue weighted by atomic mass is 9.67. The molecule has 1 amide bonds. The number of rotatable bonds is 4. The molecular weight excluding hydrogens is 274 g/mol. The minimum atomic E-state index is -1.87. The third-order valence-electron chi connectivity index (χ3n) is 3.76. The maximum atomic E-state index is 12.0. The summed E-state index contributed by atoms with van der Waals surface area (Å²) in [6.45, 7) is 15.7. The Morgan fingerprint density at radius 2 is 1.70 bits per heavy atom. The summed E-state index contributed by atoms with van der Waals surface area (Å²) in [6, 6.07) is 0. The van der Waals surface area contributed by atoms with Crippen LogP contribution in [0.3, 0.4) is 0 Å². The molecule has 0 aromatic heterocycles. The van der Waals surface area contributed by atoms with E-state index in [1.54, 1.807) is 0 Å². The van der Waals surface area contributed by atoms with Gasteiger partial charge < -0.3 is 14.5 Å². The van der Waals surface area contributed by atoms with Crippen LogP contribution >= 0.6 is 0 Å². The van der Waals surface area contributed by atoms with Gasteiger partial charge in [-0.25, -0.2) is 0 Å². The molecule has 0 aromatic carbocycles. The van der Waals surface area contributed by atoms with E-state index in [1.807, 2.05) is 27.7 Å². The predicted molar refractivity (Wildman–Crippen MR) is 79.5 cm³/mol. The van der Waals surface area contributed by atoms with Crippen molar-refractivity contribution in [2.75, 3.05) is 0 Å². The average Bonchev–Trinajstić information content (AvgIpc) is 2.10. The van der Waals surface area contributed by atoms with Crippen LogP contribution in [0.5, 0.6) is 0 Å². The van der Waals surface area contributed by atoms with Crippen molar-refractivity contribution in [3.05, 3.63) is 0 Å². The Morgan fingerprint density at radius 3 is 2.00 bits per heavy atom. The Morgan fingerprint density at radius 1 is 1.20 bits per heavy atom. The van der Waals surface area contributed by atoms with E-state index in [0.29, 0.717) is 0 Å². The highest BCUT2D eigenvalue weighted by molar-refractivity contribution is 6.69. The summed E-state index contributed by atoms with van der Waals surface area (Å²) in [5.74, 6) is -0.991. The first-order chi connectivity index (χ1) is 8.78. The Bertz CT molecular complexity index is 410. The fraction of sp³-hybridized carbons (Fsp3) is 0.857. The van der Waals surface area contributed by atoms with Crippen LogP contribution in [0.4, 0.5) is 0 Å². The minimum Gasteiger partial charge on any atom is -0.441 e. The molecular formula is C14H27NO4Si. The van der Waals surface area contributed by atoms with E-state index in [4.69, 9.17) is 9.16 Å². The monoisotopic (exact) mass is 301 g/mol. The van der Waals surface area contributed by atoms with Crippen molar-refractivity contribution in [2.24, 2.45) is 11.3 Å². The van der Waals surface area contributed by atoms with Gasteiger partial charge in [0.2, 0.25) is 5.91 Å². The van der Waals surface area contributed by atoms with E-state index in [1.165, 1.54) is 6.92 Å². The molecule has 1 heterocycles. The second kappa shape index (κ2) is 5.15. The third-order valence-corrected chi connectivity index (χ3v) is 4.80. The van der Waals surface area contributed by atoms with Gasteiger partial charge in [0.05, 0.1) is 5.60 Å². The first kappa shape index (κ1) is 17.2. The quantitative estimate of drug-likeness (QED) is 0.491. The molecule has 0 aliphatic carbocycles. The molecule has 1 saturated heterocycles. The number of hydrogen-bond acceptors (Lipinski definition) is 4. The van der Waals surface area contributed by atoms with Crippen LogP contribution < -0.4 is 5.32 Å². The van der Waals surface area contributed by atoms with Gasteiger partial charge in [-0.15, -0.1) is 0 Å². The molecule has 0 saturated carbocycles. The number of β-lactam (4-membered cyclic amide) rings is 1. The number of nitrogens with one attached hydrogen (secondary N) is 1. The van der Waals surface area contributed by atoms with Gasteiger partial charge in [-0.3, -0.25) is 9.59 Å². The zero-order valence-corrected chi connectivity index (χ0v) is 14.8. The number of amides is 1. The first-order valence-corrected chi connectivity index (χ1v) is 10.4. The van der Waals surface area contributed by atoms with Gasteiger partial charge in [-0.1, -0.05) is 20.8 Å². The second-order valence-corrected chi connectivity index (χ2v) is 12.0. The molecule has 1 aliphatic rings. The summed E-state index contributed by atoms with van der Waals surface area (Å²) in [5.41, 5.74) is -0.936. The van der Waals surface area contributed by atoms with Crippen LogP contribution in [0.15, 0.2) is 0 Å². The molecule has 20 heavy (non-hydrogen) atoms. The molecule has 1 rings (SSSR count). The van der Waals surface area contributed by atoms with Crippen molar-refractivity contribution >= 4 is 20.2 Å². The van der Waals surface area contributed by atoms with E-state index in [-0.39, 0.29) is 11.3 Å². The van der Waals surface area contributed by atoms with Crippen molar-refractivity contribution < 1.29 is 18.8 Å². The smallest absolute Gasteiger partial charge is 0.304 e. The summed E-state index contributed by atoms with van der Waals surface area (Å²) in [4.78, 5) is 23.2. The van der Waals surface area contributed by atoms with Gasteiger partial charge in [-0.05, 0) is 32.0 Å². The summed E-state index contributed by atoms with van der Waals surface area (Å²) in [5, 5.41) is 2.64. The Labute approximate surface area is 122 Å². The van der Waals surface area contributed by atoms with Gasteiger partial charge in [0.1, 0.15) is 5.92 Å². The molecule has 0 spiro atoms. The molecule has 0 unspecified atom stereocenters. The molecule has 1 aliphatic heterocycles. The SMILES string of the molecule is CC(=O)O[C@H]1NC(=O)[C@@H]1[C@@](C)(O[Si](C)(C)C)C(C)(C)C. The number of esters is 1. The van der Waals surface area contributed by atoms with Gasteiger partial charge in [0.15, 0.2) is 14.5 Å². The lowest BCUT2D eigenvalue weighted by Crippen LogP contribution is -2.72. The van der Waals surface area contributed by atoms with Crippen LogP contribution in [-0.4, -0.2) is 32.0 Å². The Kier molecular flexibility index (Phi) is 4.42. The van der Waals surface area contributed by atoms with Crippen LogP contribution in [0.25, 0.3) is 0 Å². The molecule has 0 radical (unpaired) electrons. The van der Waals surface area contributed by atoms with Gasteiger partial charge in [0, 0.05) is 6.92 Å². The van der Waals surface area contributed by atoms with Crippen molar-refractivity contribution in [1.29, 1.82) is 0 Å². The summed E-state index contributed by atoms with van der Waals surface area (Å²) in [6.07, 6.45) is -0.597. The Hall–Kier alpha value is -0.883. The maximum absolute atomic E-state index is 12.0. The van der Waals surface area contributed by atoms with E-state index in [9.17, 15) is 9.59 Å². The standard InChI is InChI=1S/C14H27NO4Si/c1-9(16)18-12-10(11(17)15-12)14(5,13(2,3)4)19-20(6,7)8/h10,12H,1-8H3,(H,15,17)/t10-,12+,14+/m0/s1. The van der Waals surface area contributed by atoms with Crippen molar-refractivity contribution in [3.63, 3.8) is 0 Å². The molecule has 1 fully saturated rings. The van der Waals surface area contributed by atoms with Crippen LogP contribution in [-0.2, 0) is 18.8 Å². The summed E-state index contributed by atoms with van der Waals surface area (Å²) in [7, 11) is -1.87. The summed E-state index contributed by atoms with van der Waals surface area (Å²) >= 11 is 0. The molecule has 1 N–H and O–H groups in total. The summed E-state index contributed by atoms with van der Waals surface area (Å²) < 4.78 is 11.6. The Balaban J connectivity index is 3.10. The maximum Gasteiger partial charge on any atom is 0.304 e. The van der Waals surface area contributed by atoms with Crippen LogP contribution in [0.2, 0.25) is 19.6 Å². The molecule has 6 heteroatoms. The zero-order valence-electron chi connectivity index (χ0n) is 13.8. The van der Waals surface area contributed by atoms with Gasteiger partial charge >= 0.3 is 5.97 Å². The van der Waals surface area contributed by atoms with E-state index in [0.717, 1.165) is 0 Å². The fourth-order valence-electron chi connectivity index (χ4n) is 2.49. The number of hydrogen-bond donors (Lipinski definition) is 1. The molecule has 0 bridgehead atoms. The molecule has 3 atom stereocenters. The van der Waals surface area contributed by atoms with E-state index >= 15 is 0 Å². The van der Waals surface area contributed by atoms with Crippen LogP contribution in [0.1, 0.15) is 34.6 Å². The minimum absolute atomic E-state index is 0.119. The van der Waals surface area contributed by atoms with Crippen LogP contribution in [0, 0.1) is 11.3 Å². The first-order valence-electron chi connectivity index (χ1n) is 6.96. The second-order valence-electron chi connectivity index (χ2n) is 7.59. The fourth-order valence-corrected chi connectivity index (χ4v) is 4.19. The van der Waals surface area contributed by atoms with Gasteiger partial charge in [-0.2, -0.15) is 0 Å². The highest BCUT2D eigenvalue weighted by Gasteiger charge is 2.59. The van der Waals surface area contributed by atoms with Crippen molar-refractivity contribution in [2.45, 2.75) is 66.1 Å². The normalized spacial score (nSPS) is 26.3. The number of ether oxygens (including phenoxy) is 1. The van der Waals surface area contributed by atoms with Crippen molar-refractivity contribution in [3.8, 4) is 0 Å². The zero-order chi connectivity index (χ0) is 15.9. The molecule has 116 valence electrons. The third kappa shape index (κ3) is 3.41. The predicted octanol–water partition coefficient (Wildman–Crippen LogP) is 2.28. The van der Waals surface area contributed by atoms with E-state index < -0.39 is 32.0 Å².